The van der Waals surface area contributed by atoms with Crippen molar-refractivity contribution in [3.63, 3.8) is 0 Å². The van der Waals surface area contributed by atoms with E-state index in [1.54, 1.807) is 12.1 Å². The molecule has 1 atom stereocenters. The van der Waals surface area contributed by atoms with E-state index in [4.69, 9.17) is 0 Å². The van der Waals surface area contributed by atoms with Gasteiger partial charge in [-0.15, -0.1) is 0 Å². The maximum absolute atomic E-state index is 12.8. The molecule has 1 N–H and O–H groups in total. The van der Waals surface area contributed by atoms with Gasteiger partial charge in [-0.05, 0) is 36.6 Å². The summed E-state index contributed by atoms with van der Waals surface area (Å²) in [7, 11) is -2.01. The molecule has 0 bridgehead atoms. The highest BCUT2D eigenvalue weighted by molar-refractivity contribution is 7.89. The molecule has 1 saturated heterocycles. The Hall–Kier alpha value is -1.93. The normalized spacial score (nSPS) is 21.0. The van der Waals surface area contributed by atoms with Crippen molar-refractivity contribution in [1.82, 2.24) is 9.62 Å². The van der Waals surface area contributed by atoms with Gasteiger partial charge in [0.15, 0.2) is 0 Å². The first-order chi connectivity index (χ1) is 11.9. The molecule has 25 heavy (non-hydrogen) atoms. The smallest absolute Gasteiger partial charge is 0.243 e. The lowest BCUT2D eigenvalue weighted by Crippen LogP contribution is -2.46. The van der Waals surface area contributed by atoms with Gasteiger partial charge in [-0.2, -0.15) is 4.31 Å². The summed E-state index contributed by atoms with van der Waals surface area (Å²) in [6, 6.07) is 4.14. The Morgan fingerprint density at radius 1 is 1.16 bits per heavy atom. The summed E-state index contributed by atoms with van der Waals surface area (Å²) >= 11 is 0. The van der Waals surface area contributed by atoms with E-state index in [2.05, 4.69) is 5.32 Å². The quantitative estimate of drug-likeness (QED) is 0.862. The van der Waals surface area contributed by atoms with Gasteiger partial charge in [-0.1, -0.05) is 6.42 Å². The number of anilines is 1. The van der Waals surface area contributed by atoms with Crippen molar-refractivity contribution in [3.05, 3.63) is 23.8 Å². The molecule has 3 rings (SSSR count). The van der Waals surface area contributed by atoms with Crippen LogP contribution in [-0.2, 0) is 26.0 Å². The van der Waals surface area contributed by atoms with E-state index in [1.165, 1.54) is 29.2 Å². The minimum atomic E-state index is -3.54. The monoisotopic (exact) mass is 365 g/mol. The van der Waals surface area contributed by atoms with Gasteiger partial charge in [0.1, 0.15) is 6.04 Å². The van der Waals surface area contributed by atoms with Crippen LogP contribution < -0.4 is 10.2 Å². The zero-order valence-electron chi connectivity index (χ0n) is 14.5. The highest BCUT2D eigenvalue weighted by atomic mass is 32.2. The maximum atomic E-state index is 12.8. The highest BCUT2D eigenvalue weighted by Crippen LogP contribution is 2.35. The van der Waals surface area contributed by atoms with Crippen molar-refractivity contribution in [2.24, 2.45) is 0 Å². The summed E-state index contributed by atoms with van der Waals surface area (Å²) < 4.78 is 27.2. The van der Waals surface area contributed by atoms with Crippen molar-refractivity contribution in [2.45, 2.75) is 43.5 Å². The van der Waals surface area contributed by atoms with Crippen LogP contribution in [0.4, 0.5) is 5.69 Å². The van der Waals surface area contributed by atoms with Gasteiger partial charge < -0.3 is 5.32 Å². The Bertz CT molecular complexity index is 800. The van der Waals surface area contributed by atoms with Crippen LogP contribution in [0.15, 0.2) is 23.1 Å². The molecule has 0 unspecified atom stereocenters. The molecule has 1 fully saturated rings. The molecular weight excluding hydrogens is 342 g/mol. The summed E-state index contributed by atoms with van der Waals surface area (Å²) in [5.41, 5.74) is 1.32. The fourth-order valence-electron chi connectivity index (χ4n) is 3.61. The number of carbonyl (C=O) groups is 2. The van der Waals surface area contributed by atoms with Crippen LogP contribution in [0.2, 0.25) is 0 Å². The first-order valence-electron chi connectivity index (χ1n) is 8.50. The number of nitrogens with one attached hydrogen (secondary N) is 1. The molecule has 8 heteroatoms. The number of rotatable bonds is 3. The van der Waals surface area contributed by atoms with E-state index in [-0.39, 0.29) is 16.7 Å². The zero-order valence-corrected chi connectivity index (χ0v) is 15.3. The Kier molecular flexibility index (Phi) is 4.83. The van der Waals surface area contributed by atoms with Gasteiger partial charge in [0.2, 0.25) is 21.8 Å². The third kappa shape index (κ3) is 3.16. The summed E-state index contributed by atoms with van der Waals surface area (Å²) in [5.74, 6) is -0.495. The van der Waals surface area contributed by atoms with Crippen LogP contribution >= 0.6 is 0 Å². The van der Waals surface area contributed by atoms with Gasteiger partial charge in [0, 0.05) is 39.2 Å². The highest BCUT2D eigenvalue weighted by Gasteiger charge is 2.37. The van der Waals surface area contributed by atoms with Gasteiger partial charge in [0.05, 0.1) is 4.90 Å². The third-order valence-corrected chi connectivity index (χ3v) is 6.77. The van der Waals surface area contributed by atoms with Crippen molar-refractivity contribution in [2.75, 3.05) is 25.0 Å². The summed E-state index contributed by atoms with van der Waals surface area (Å²) in [5, 5.41) is 2.56. The molecule has 2 amide bonds. The molecule has 1 aromatic rings. The molecule has 0 aliphatic carbocycles. The fraction of sp³-hybridized carbons (Fsp3) is 0.529. The molecule has 1 aromatic carbocycles. The number of benzene rings is 1. The third-order valence-electron chi connectivity index (χ3n) is 4.88. The first-order valence-corrected chi connectivity index (χ1v) is 9.94. The lowest BCUT2D eigenvalue weighted by atomic mass is 10.1. The molecule has 7 nitrogen and oxygen atoms in total. The van der Waals surface area contributed by atoms with E-state index < -0.39 is 16.1 Å². The second kappa shape index (κ2) is 6.76. The van der Waals surface area contributed by atoms with Crippen LogP contribution in [0.1, 0.15) is 31.7 Å². The van der Waals surface area contributed by atoms with E-state index in [9.17, 15) is 18.0 Å². The Labute approximate surface area is 148 Å². The maximum Gasteiger partial charge on any atom is 0.243 e. The van der Waals surface area contributed by atoms with E-state index in [1.807, 2.05) is 0 Å². The molecule has 2 heterocycles. The molecule has 0 spiro atoms. The molecule has 136 valence electrons. The van der Waals surface area contributed by atoms with Crippen LogP contribution in [0.25, 0.3) is 0 Å². The average molecular weight is 365 g/mol. The topological polar surface area (TPSA) is 86.8 Å². The van der Waals surface area contributed by atoms with Gasteiger partial charge >= 0.3 is 0 Å². The number of piperidine rings is 1. The second-order valence-corrected chi connectivity index (χ2v) is 8.42. The lowest BCUT2D eigenvalue weighted by molar-refractivity contribution is -0.125. The zero-order chi connectivity index (χ0) is 18.2. The number of nitrogens with zero attached hydrogens (tertiary/aromatic N) is 2. The summed E-state index contributed by atoms with van der Waals surface area (Å²) in [4.78, 5) is 25.8. The molecule has 0 aromatic heterocycles. The Morgan fingerprint density at radius 2 is 1.84 bits per heavy atom. The Balaban J connectivity index is 1.96. The van der Waals surface area contributed by atoms with Crippen molar-refractivity contribution in [1.29, 1.82) is 0 Å². The van der Waals surface area contributed by atoms with Crippen molar-refractivity contribution < 1.29 is 18.0 Å². The molecule has 2 aliphatic rings. The fourth-order valence-corrected chi connectivity index (χ4v) is 5.18. The van der Waals surface area contributed by atoms with Gasteiger partial charge in [-0.25, -0.2) is 8.42 Å². The SMILES string of the molecule is CNC(=O)[C@H]1Cc2cc(S(=O)(=O)N3CCCCC3)ccc2N1C(C)=O. The van der Waals surface area contributed by atoms with Crippen LogP contribution in [0, 0.1) is 0 Å². The Morgan fingerprint density at radius 3 is 2.44 bits per heavy atom. The minimum absolute atomic E-state index is 0.231. The molecule has 2 aliphatic heterocycles. The average Bonchev–Trinajstić information content (AvgIpc) is 3.00. The predicted octanol–water partition coefficient (Wildman–Crippen LogP) is 0.885. The standard InChI is InChI=1S/C17H23N3O4S/c1-12(21)20-15-7-6-14(10-13(15)11-16(20)17(22)18-2)25(23,24)19-8-4-3-5-9-19/h6-7,10,16H,3-5,8-9,11H2,1-2H3,(H,18,22)/t16-/m1/s1. The summed E-state index contributed by atoms with van der Waals surface area (Å²) in [6.45, 7) is 2.49. The second-order valence-electron chi connectivity index (χ2n) is 6.48. The van der Waals surface area contributed by atoms with Gasteiger partial charge in [-0.3, -0.25) is 14.5 Å². The number of sulfonamides is 1. The molecule has 0 radical (unpaired) electrons. The molecule has 0 saturated carbocycles. The van der Waals surface area contributed by atoms with Crippen LogP contribution in [0.5, 0.6) is 0 Å². The largest absolute Gasteiger partial charge is 0.357 e. The number of likely N-dealkylation sites (N-methyl/N-ethyl adjacent to an activating group) is 1. The van der Waals surface area contributed by atoms with Crippen molar-refractivity contribution in [3.8, 4) is 0 Å². The van der Waals surface area contributed by atoms with E-state index in [0.29, 0.717) is 30.8 Å². The van der Waals surface area contributed by atoms with E-state index >= 15 is 0 Å². The number of fused-ring (bicyclic) bond motifs is 1. The van der Waals surface area contributed by atoms with Crippen LogP contribution in [0.3, 0.4) is 0 Å². The first kappa shape index (κ1) is 17.9. The predicted molar refractivity (Wildman–Crippen MR) is 93.8 cm³/mol. The van der Waals surface area contributed by atoms with Crippen LogP contribution in [-0.4, -0.2) is 50.7 Å². The van der Waals surface area contributed by atoms with Crippen molar-refractivity contribution >= 4 is 27.5 Å². The summed E-state index contributed by atoms with van der Waals surface area (Å²) in [6.07, 6.45) is 3.12. The number of hydrogen-bond donors (Lipinski definition) is 1. The lowest BCUT2D eigenvalue weighted by Gasteiger charge is -2.26. The number of hydrogen-bond acceptors (Lipinski definition) is 4. The number of carbonyl (C=O) groups excluding carboxylic acids is 2. The molecular formula is C17H23N3O4S. The minimum Gasteiger partial charge on any atom is -0.357 e. The number of amides is 2. The van der Waals surface area contributed by atoms with Gasteiger partial charge in [0.25, 0.3) is 0 Å². The van der Waals surface area contributed by atoms with E-state index in [0.717, 1.165) is 19.3 Å².